The molecule has 0 spiro atoms. The predicted molar refractivity (Wildman–Crippen MR) is 122 cm³/mol. The zero-order valence-corrected chi connectivity index (χ0v) is 19.7. The molecule has 0 aliphatic heterocycles. The van der Waals surface area contributed by atoms with Crippen LogP contribution in [0.3, 0.4) is 0 Å². The summed E-state index contributed by atoms with van der Waals surface area (Å²) in [5.74, 6) is -3.38. The number of aliphatic carboxylic acids is 1. The van der Waals surface area contributed by atoms with Crippen molar-refractivity contribution in [2.75, 3.05) is 5.75 Å². The highest BCUT2D eigenvalue weighted by molar-refractivity contribution is 7.80. The van der Waals surface area contributed by atoms with Crippen molar-refractivity contribution in [2.45, 2.75) is 64.7 Å². The molecule has 0 radical (unpaired) electrons. The molecule has 1 heterocycles. The minimum atomic E-state index is -1.23. The highest BCUT2D eigenvalue weighted by atomic mass is 32.1. The number of rotatable bonds is 13. The monoisotopic (exact) mass is 470 g/mol. The Morgan fingerprint density at radius 2 is 1.72 bits per heavy atom. The lowest BCUT2D eigenvalue weighted by molar-refractivity contribution is -0.142. The number of thiol groups is 1. The van der Waals surface area contributed by atoms with Gasteiger partial charge in [0.05, 0.1) is 12.4 Å². The van der Waals surface area contributed by atoms with E-state index in [1.165, 1.54) is 12.5 Å². The van der Waals surface area contributed by atoms with Gasteiger partial charge >= 0.3 is 5.97 Å². The van der Waals surface area contributed by atoms with E-state index in [1.54, 1.807) is 20.8 Å². The van der Waals surface area contributed by atoms with E-state index in [9.17, 15) is 24.3 Å². The molecule has 12 heteroatoms. The van der Waals surface area contributed by atoms with Gasteiger partial charge in [-0.1, -0.05) is 34.1 Å². The Labute approximate surface area is 193 Å². The van der Waals surface area contributed by atoms with Crippen LogP contribution in [0.25, 0.3) is 0 Å². The number of nitrogens with zero attached hydrogens (tertiary/aromatic N) is 1. The number of hydrogen-bond donors (Lipinski definition) is 7. The molecule has 0 aliphatic rings. The number of nitrogens with one attached hydrogen (secondary N) is 4. The first-order chi connectivity index (χ1) is 15.0. The lowest BCUT2D eigenvalue weighted by Crippen LogP contribution is -2.59. The van der Waals surface area contributed by atoms with E-state index < -0.39 is 47.9 Å². The zero-order chi connectivity index (χ0) is 24.4. The number of amides is 3. The van der Waals surface area contributed by atoms with Crippen molar-refractivity contribution in [1.82, 2.24) is 25.9 Å². The summed E-state index contributed by atoms with van der Waals surface area (Å²) in [5, 5.41) is 17.1. The van der Waals surface area contributed by atoms with E-state index in [2.05, 4.69) is 38.5 Å². The molecule has 7 N–H and O–H groups in total. The second-order valence-electron chi connectivity index (χ2n) is 8.07. The minimum absolute atomic E-state index is 0.00699. The smallest absolute Gasteiger partial charge is 0.326 e. The number of hydrogen-bond acceptors (Lipinski definition) is 7. The van der Waals surface area contributed by atoms with Gasteiger partial charge in [0.1, 0.15) is 18.1 Å². The normalized spacial score (nSPS) is 15.8. The van der Waals surface area contributed by atoms with Crippen LogP contribution >= 0.6 is 12.6 Å². The SMILES string of the molecule is CCC(C)C(NC(=O)C(N)C(C)C)C(=O)NC(CS)C(=O)NC(Cc1cnc[nH]1)C(=O)O. The van der Waals surface area contributed by atoms with Crippen molar-refractivity contribution in [2.24, 2.45) is 17.6 Å². The highest BCUT2D eigenvalue weighted by Gasteiger charge is 2.32. The Morgan fingerprint density at radius 1 is 1.09 bits per heavy atom. The molecule has 0 saturated heterocycles. The maximum absolute atomic E-state index is 12.9. The Hall–Kier alpha value is -2.60. The van der Waals surface area contributed by atoms with Crippen molar-refractivity contribution in [3.8, 4) is 0 Å². The summed E-state index contributed by atoms with van der Waals surface area (Å²) >= 11 is 4.12. The van der Waals surface area contributed by atoms with Crippen molar-refractivity contribution >= 4 is 36.3 Å². The lowest BCUT2D eigenvalue weighted by Gasteiger charge is -2.28. The van der Waals surface area contributed by atoms with Crippen LogP contribution in [0.5, 0.6) is 0 Å². The maximum atomic E-state index is 12.9. The first-order valence-corrected chi connectivity index (χ1v) is 11.1. The molecule has 5 unspecified atom stereocenters. The van der Waals surface area contributed by atoms with Crippen molar-refractivity contribution in [3.63, 3.8) is 0 Å². The van der Waals surface area contributed by atoms with Gasteiger partial charge in [-0.25, -0.2) is 9.78 Å². The number of carbonyl (C=O) groups is 4. The quantitative estimate of drug-likeness (QED) is 0.189. The summed E-state index contributed by atoms with van der Waals surface area (Å²) in [6.45, 7) is 7.26. The Bertz CT molecular complexity index is 773. The number of imidazole rings is 1. The molecule has 0 aliphatic carbocycles. The standard InChI is InChI=1S/C20H34N6O5S/c1-5-11(4)16(26-18(28)15(21)10(2)3)19(29)25-14(8-32)17(27)24-13(20(30)31)6-12-7-22-9-23-12/h7,9-11,13-16,32H,5-6,8,21H2,1-4H3,(H,22,23)(H,24,27)(H,25,29)(H,26,28)(H,30,31). The molecule has 11 nitrogen and oxygen atoms in total. The number of carboxylic acids is 1. The van der Waals surface area contributed by atoms with E-state index in [1.807, 2.05) is 6.92 Å². The summed E-state index contributed by atoms with van der Waals surface area (Å²) in [4.78, 5) is 56.1. The fourth-order valence-corrected chi connectivity index (χ4v) is 3.06. The second-order valence-corrected chi connectivity index (χ2v) is 8.43. The molecule has 0 fully saturated rings. The summed E-state index contributed by atoms with van der Waals surface area (Å²) in [5.41, 5.74) is 6.41. The van der Waals surface area contributed by atoms with Crippen LogP contribution in [-0.4, -0.2) is 68.7 Å². The predicted octanol–water partition coefficient (Wildman–Crippen LogP) is -0.550. The highest BCUT2D eigenvalue weighted by Crippen LogP contribution is 2.10. The van der Waals surface area contributed by atoms with Gasteiger partial charge in [-0.15, -0.1) is 0 Å². The summed E-state index contributed by atoms with van der Waals surface area (Å²) in [6.07, 6.45) is 3.45. The molecule has 0 saturated carbocycles. The Morgan fingerprint density at radius 3 is 2.19 bits per heavy atom. The van der Waals surface area contributed by atoms with Crippen LogP contribution in [0.2, 0.25) is 0 Å². The first kappa shape index (κ1) is 27.4. The third-order valence-corrected chi connectivity index (χ3v) is 5.59. The number of aromatic nitrogens is 2. The van der Waals surface area contributed by atoms with Crippen LogP contribution in [-0.2, 0) is 25.6 Å². The van der Waals surface area contributed by atoms with Gasteiger partial charge in [0.25, 0.3) is 0 Å². The molecule has 1 aromatic rings. The summed E-state index contributed by atoms with van der Waals surface area (Å²) in [6, 6.07) is -4.02. The van der Waals surface area contributed by atoms with Crippen LogP contribution < -0.4 is 21.7 Å². The number of aromatic amines is 1. The van der Waals surface area contributed by atoms with Crippen LogP contribution in [0.4, 0.5) is 0 Å². The average Bonchev–Trinajstić information content (AvgIpc) is 3.26. The minimum Gasteiger partial charge on any atom is -0.480 e. The molecule has 1 rings (SSSR count). The molecule has 5 atom stereocenters. The Kier molecular flexibility index (Phi) is 11.2. The molecular weight excluding hydrogens is 436 g/mol. The second kappa shape index (κ2) is 13.1. The molecule has 1 aromatic heterocycles. The van der Waals surface area contributed by atoms with Crippen molar-refractivity contribution in [1.29, 1.82) is 0 Å². The van der Waals surface area contributed by atoms with Gasteiger partial charge in [0, 0.05) is 24.1 Å². The zero-order valence-electron chi connectivity index (χ0n) is 18.8. The number of carbonyl (C=O) groups excluding carboxylic acids is 3. The molecule has 180 valence electrons. The number of H-pyrrole nitrogens is 1. The molecular formula is C20H34N6O5S. The Balaban J connectivity index is 2.87. The number of carboxylic acid groups (broad SMARTS) is 1. The molecule has 32 heavy (non-hydrogen) atoms. The van der Waals surface area contributed by atoms with Gasteiger partial charge in [0.15, 0.2) is 0 Å². The third kappa shape index (κ3) is 8.15. The summed E-state index contributed by atoms with van der Waals surface area (Å²) < 4.78 is 0. The van der Waals surface area contributed by atoms with Crippen LogP contribution in [0.15, 0.2) is 12.5 Å². The van der Waals surface area contributed by atoms with Crippen molar-refractivity contribution < 1.29 is 24.3 Å². The van der Waals surface area contributed by atoms with E-state index in [0.717, 1.165) is 0 Å². The molecule has 0 bridgehead atoms. The van der Waals surface area contributed by atoms with Crippen LogP contribution in [0.1, 0.15) is 39.8 Å². The average molecular weight is 471 g/mol. The molecule has 3 amide bonds. The largest absolute Gasteiger partial charge is 0.480 e. The fourth-order valence-electron chi connectivity index (χ4n) is 2.80. The van der Waals surface area contributed by atoms with E-state index >= 15 is 0 Å². The van der Waals surface area contributed by atoms with Gasteiger partial charge in [-0.05, 0) is 11.8 Å². The topological polar surface area (TPSA) is 179 Å². The van der Waals surface area contributed by atoms with Gasteiger partial charge in [-0.3, -0.25) is 14.4 Å². The van der Waals surface area contributed by atoms with Gasteiger partial charge in [0.2, 0.25) is 17.7 Å². The van der Waals surface area contributed by atoms with E-state index in [-0.39, 0.29) is 24.0 Å². The third-order valence-electron chi connectivity index (χ3n) is 5.22. The maximum Gasteiger partial charge on any atom is 0.326 e. The van der Waals surface area contributed by atoms with Crippen LogP contribution in [0, 0.1) is 11.8 Å². The van der Waals surface area contributed by atoms with E-state index in [0.29, 0.717) is 12.1 Å². The van der Waals surface area contributed by atoms with Gasteiger partial charge in [-0.2, -0.15) is 12.6 Å². The number of nitrogens with two attached hydrogens (primary N) is 1. The van der Waals surface area contributed by atoms with E-state index in [4.69, 9.17) is 5.73 Å². The van der Waals surface area contributed by atoms with Gasteiger partial charge < -0.3 is 31.8 Å². The lowest BCUT2D eigenvalue weighted by atomic mass is 9.96. The summed E-state index contributed by atoms with van der Waals surface area (Å²) in [7, 11) is 0. The molecule has 0 aromatic carbocycles. The van der Waals surface area contributed by atoms with Crippen molar-refractivity contribution in [3.05, 3.63) is 18.2 Å². The first-order valence-electron chi connectivity index (χ1n) is 10.5. The fraction of sp³-hybridized carbons (Fsp3) is 0.650.